The Morgan fingerprint density at radius 1 is 1.43 bits per heavy atom. The lowest BCUT2D eigenvalue weighted by Crippen LogP contribution is -2.53. The monoisotopic (exact) mass is 293 g/mol. The van der Waals surface area contributed by atoms with E-state index in [2.05, 4.69) is 19.2 Å². The Balaban J connectivity index is 2.15. The number of nitrogens with one attached hydrogen (secondary N) is 1. The van der Waals surface area contributed by atoms with Crippen LogP contribution in [0.3, 0.4) is 0 Å². The minimum Gasteiger partial charge on any atom is -0.394 e. The number of carbonyl (C=O) groups is 1. The fraction of sp³-hybridized carbons (Fsp3) is 0.588. The number of aliphatic hydroxyl groups is 1. The van der Waals surface area contributed by atoms with Gasteiger partial charge in [0.25, 0.3) is 0 Å². The van der Waals surface area contributed by atoms with Crippen LogP contribution in [0.2, 0.25) is 0 Å². The molecule has 1 unspecified atom stereocenters. The van der Waals surface area contributed by atoms with Crippen molar-refractivity contribution in [3.63, 3.8) is 0 Å². The van der Waals surface area contributed by atoms with Crippen molar-refractivity contribution >= 4 is 5.91 Å². The summed E-state index contributed by atoms with van der Waals surface area (Å²) in [5, 5.41) is 12.4. The van der Waals surface area contributed by atoms with Crippen molar-refractivity contribution in [2.45, 2.75) is 51.0 Å². The third-order valence-electron chi connectivity index (χ3n) is 4.33. The Morgan fingerprint density at radius 3 is 2.62 bits per heavy atom. The summed E-state index contributed by atoms with van der Waals surface area (Å²) in [6, 6.07) is 6.08. The number of rotatable bonds is 6. The molecule has 1 atom stereocenters. The maximum atomic E-state index is 13.5. The van der Waals surface area contributed by atoms with E-state index in [0.717, 1.165) is 31.2 Å². The average Bonchev–Trinajstić information content (AvgIpc) is 2.36. The third kappa shape index (κ3) is 3.43. The van der Waals surface area contributed by atoms with Gasteiger partial charge < -0.3 is 10.4 Å². The number of carbonyl (C=O) groups excluding carboxylic acids is 1. The van der Waals surface area contributed by atoms with E-state index in [4.69, 9.17) is 0 Å². The molecular formula is C17H24FNO2. The Bertz CT molecular complexity index is 497. The fourth-order valence-corrected chi connectivity index (χ4v) is 3.03. The maximum absolute atomic E-state index is 13.5. The summed E-state index contributed by atoms with van der Waals surface area (Å²) in [5.41, 5.74) is 0.124. The van der Waals surface area contributed by atoms with Crippen LogP contribution in [0.4, 0.5) is 4.39 Å². The predicted molar refractivity (Wildman–Crippen MR) is 80.4 cm³/mol. The standard InChI is InChI=1S/C17H24FNO2/c1-12(2)9-15(11-20)19-16(21)17(7-4-8-17)13-5-3-6-14(18)10-13/h3,5-6,10,12,15,20H,4,7-9,11H2,1-2H3,(H,19,21). The molecule has 2 N–H and O–H groups in total. The van der Waals surface area contributed by atoms with Gasteiger partial charge >= 0.3 is 0 Å². The van der Waals surface area contributed by atoms with Crippen molar-refractivity contribution in [1.82, 2.24) is 5.32 Å². The van der Waals surface area contributed by atoms with E-state index in [9.17, 15) is 14.3 Å². The molecule has 2 rings (SSSR count). The predicted octanol–water partition coefficient (Wildman–Crippen LogP) is 2.77. The van der Waals surface area contributed by atoms with Crippen molar-refractivity contribution in [1.29, 1.82) is 0 Å². The van der Waals surface area contributed by atoms with E-state index in [0.29, 0.717) is 5.92 Å². The van der Waals surface area contributed by atoms with Gasteiger partial charge in [-0.3, -0.25) is 4.79 Å². The normalized spacial score (nSPS) is 18.1. The Labute approximate surface area is 125 Å². The van der Waals surface area contributed by atoms with Crippen LogP contribution in [-0.2, 0) is 10.2 Å². The Hall–Kier alpha value is -1.42. The number of halogens is 1. The van der Waals surface area contributed by atoms with Crippen LogP contribution in [-0.4, -0.2) is 23.7 Å². The van der Waals surface area contributed by atoms with Gasteiger partial charge in [-0.25, -0.2) is 4.39 Å². The van der Waals surface area contributed by atoms with Gasteiger partial charge in [0, 0.05) is 0 Å². The molecule has 1 amide bonds. The number of hydrogen-bond donors (Lipinski definition) is 2. The van der Waals surface area contributed by atoms with Crippen LogP contribution >= 0.6 is 0 Å². The maximum Gasteiger partial charge on any atom is 0.230 e. The van der Waals surface area contributed by atoms with E-state index in [-0.39, 0.29) is 24.4 Å². The minimum atomic E-state index is -0.619. The highest BCUT2D eigenvalue weighted by molar-refractivity contribution is 5.89. The highest BCUT2D eigenvalue weighted by atomic mass is 19.1. The molecule has 1 aliphatic carbocycles. The Morgan fingerprint density at radius 2 is 2.14 bits per heavy atom. The van der Waals surface area contributed by atoms with Gasteiger partial charge in [-0.2, -0.15) is 0 Å². The van der Waals surface area contributed by atoms with Gasteiger partial charge in [0.15, 0.2) is 0 Å². The molecule has 116 valence electrons. The molecule has 0 heterocycles. The van der Waals surface area contributed by atoms with E-state index < -0.39 is 5.41 Å². The first-order valence-electron chi connectivity index (χ1n) is 7.66. The van der Waals surface area contributed by atoms with Gasteiger partial charge in [-0.15, -0.1) is 0 Å². The molecule has 1 aromatic carbocycles. The van der Waals surface area contributed by atoms with E-state index in [1.165, 1.54) is 12.1 Å². The molecule has 0 spiro atoms. The van der Waals surface area contributed by atoms with Gasteiger partial charge in [0.2, 0.25) is 5.91 Å². The number of benzene rings is 1. The third-order valence-corrected chi connectivity index (χ3v) is 4.33. The summed E-state index contributed by atoms with van der Waals surface area (Å²) in [6.45, 7) is 4.05. The molecule has 0 bridgehead atoms. The molecule has 21 heavy (non-hydrogen) atoms. The van der Waals surface area contributed by atoms with Gasteiger partial charge in [-0.05, 0) is 42.9 Å². The minimum absolute atomic E-state index is 0.0663. The summed E-state index contributed by atoms with van der Waals surface area (Å²) in [5.74, 6) is 0.000439. The first-order chi connectivity index (χ1) is 9.98. The Kier molecular flexibility index (Phi) is 4.99. The van der Waals surface area contributed by atoms with Crippen LogP contribution in [0.5, 0.6) is 0 Å². The zero-order chi connectivity index (χ0) is 15.5. The highest BCUT2D eigenvalue weighted by Gasteiger charge is 2.46. The van der Waals surface area contributed by atoms with Crippen molar-refractivity contribution in [3.05, 3.63) is 35.6 Å². The molecule has 4 heteroatoms. The molecule has 0 aromatic heterocycles. The van der Waals surface area contributed by atoms with Crippen LogP contribution < -0.4 is 5.32 Å². The van der Waals surface area contributed by atoms with E-state index in [1.807, 2.05) is 6.07 Å². The number of amides is 1. The quantitative estimate of drug-likeness (QED) is 0.847. The molecule has 0 aliphatic heterocycles. The van der Waals surface area contributed by atoms with E-state index >= 15 is 0 Å². The lowest BCUT2D eigenvalue weighted by atomic mass is 9.63. The molecule has 1 aliphatic rings. The fourth-order valence-electron chi connectivity index (χ4n) is 3.03. The van der Waals surface area contributed by atoms with Crippen molar-refractivity contribution in [3.8, 4) is 0 Å². The van der Waals surface area contributed by atoms with Gasteiger partial charge in [0.1, 0.15) is 5.82 Å². The smallest absolute Gasteiger partial charge is 0.230 e. The summed E-state index contributed by atoms with van der Waals surface area (Å²) < 4.78 is 13.5. The summed E-state index contributed by atoms with van der Waals surface area (Å²) >= 11 is 0. The van der Waals surface area contributed by atoms with Crippen molar-refractivity contribution < 1.29 is 14.3 Å². The second-order valence-electron chi connectivity index (χ2n) is 6.43. The summed E-state index contributed by atoms with van der Waals surface area (Å²) in [7, 11) is 0. The largest absolute Gasteiger partial charge is 0.394 e. The first kappa shape index (κ1) is 16.0. The SMILES string of the molecule is CC(C)CC(CO)NC(=O)C1(c2cccc(F)c2)CCC1. The molecule has 0 radical (unpaired) electrons. The second kappa shape index (κ2) is 6.56. The van der Waals surface area contributed by atoms with E-state index in [1.54, 1.807) is 6.07 Å². The topological polar surface area (TPSA) is 49.3 Å². The molecule has 1 fully saturated rings. The van der Waals surface area contributed by atoms with Crippen LogP contribution in [0.15, 0.2) is 24.3 Å². The lowest BCUT2D eigenvalue weighted by Gasteiger charge is -2.41. The molecule has 3 nitrogen and oxygen atoms in total. The summed E-state index contributed by atoms with van der Waals surface area (Å²) in [6.07, 6.45) is 3.18. The van der Waals surface area contributed by atoms with Crippen molar-refractivity contribution in [2.24, 2.45) is 5.92 Å². The molecule has 1 aromatic rings. The zero-order valence-corrected chi connectivity index (χ0v) is 12.7. The van der Waals surface area contributed by atoms with Gasteiger partial charge in [-0.1, -0.05) is 32.4 Å². The average molecular weight is 293 g/mol. The molecule has 1 saturated carbocycles. The second-order valence-corrected chi connectivity index (χ2v) is 6.43. The number of hydrogen-bond acceptors (Lipinski definition) is 2. The van der Waals surface area contributed by atoms with Crippen LogP contribution in [0, 0.1) is 11.7 Å². The molecule has 0 saturated heterocycles. The lowest BCUT2D eigenvalue weighted by molar-refractivity contribution is -0.131. The van der Waals surface area contributed by atoms with Crippen LogP contribution in [0.1, 0.15) is 45.1 Å². The zero-order valence-electron chi connectivity index (χ0n) is 12.7. The summed E-state index contributed by atoms with van der Waals surface area (Å²) in [4.78, 5) is 12.7. The highest BCUT2D eigenvalue weighted by Crippen LogP contribution is 2.44. The van der Waals surface area contributed by atoms with Crippen LogP contribution in [0.25, 0.3) is 0 Å². The first-order valence-corrected chi connectivity index (χ1v) is 7.66. The van der Waals surface area contributed by atoms with Gasteiger partial charge in [0.05, 0.1) is 18.1 Å². The number of aliphatic hydroxyl groups excluding tert-OH is 1. The van der Waals surface area contributed by atoms with Crippen molar-refractivity contribution in [2.75, 3.05) is 6.61 Å². The molecular weight excluding hydrogens is 269 g/mol.